The molecule has 24 heavy (non-hydrogen) atoms. The third-order valence-corrected chi connectivity index (χ3v) is 4.56. The van der Waals surface area contributed by atoms with Gasteiger partial charge in [0.05, 0.1) is 26.4 Å². The van der Waals surface area contributed by atoms with Crippen LogP contribution in [0.2, 0.25) is 5.02 Å². The highest BCUT2D eigenvalue weighted by Crippen LogP contribution is 2.35. The Morgan fingerprint density at radius 2 is 2.00 bits per heavy atom. The lowest BCUT2D eigenvalue weighted by atomic mass is 10.2. The van der Waals surface area contributed by atoms with Gasteiger partial charge in [0.15, 0.2) is 0 Å². The summed E-state index contributed by atoms with van der Waals surface area (Å²) in [6, 6.07) is 7.42. The highest BCUT2D eigenvalue weighted by Gasteiger charge is 2.11. The summed E-state index contributed by atoms with van der Waals surface area (Å²) in [5, 5.41) is 1.40. The second kappa shape index (κ2) is 7.17. The third kappa shape index (κ3) is 3.61. The fraction of sp³-hybridized carbons (Fsp3) is 0.118. The fourth-order valence-corrected chi connectivity index (χ4v) is 3.21. The number of rotatable bonds is 3. The molecule has 4 nitrogen and oxygen atoms in total. The van der Waals surface area contributed by atoms with E-state index in [0.29, 0.717) is 16.7 Å². The van der Waals surface area contributed by atoms with Crippen LogP contribution in [0.4, 0.5) is 5.69 Å². The van der Waals surface area contributed by atoms with E-state index in [4.69, 9.17) is 16.3 Å². The lowest BCUT2D eigenvalue weighted by Crippen LogP contribution is -1.93. The molecule has 2 aromatic heterocycles. The summed E-state index contributed by atoms with van der Waals surface area (Å²) in [4.78, 5) is 13.1. The van der Waals surface area contributed by atoms with Gasteiger partial charge in [0.2, 0.25) is 5.88 Å². The van der Waals surface area contributed by atoms with E-state index in [1.807, 2.05) is 32.0 Å². The number of nitrogens with zero attached hydrogens (tertiary/aromatic N) is 3. The molecule has 1 aromatic carbocycles. The van der Waals surface area contributed by atoms with E-state index in [0.717, 1.165) is 31.2 Å². The molecular weight excluding hydrogens is 457 g/mol. The van der Waals surface area contributed by atoms with Crippen LogP contribution >= 0.6 is 43.5 Å². The first-order chi connectivity index (χ1) is 11.5. The monoisotopic (exact) mass is 467 g/mol. The van der Waals surface area contributed by atoms with Crippen molar-refractivity contribution in [1.29, 1.82) is 0 Å². The Balaban J connectivity index is 2.02. The molecule has 122 valence electrons. The minimum absolute atomic E-state index is 0.459. The first-order valence-electron chi connectivity index (χ1n) is 7.06. The van der Waals surface area contributed by atoms with Crippen LogP contribution in [-0.2, 0) is 0 Å². The van der Waals surface area contributed by atoms with Gasteiger partial charge in [-0.2, -0.15) is 0 Å². The van der Waals surface area contributed by atoms with Crippen molar-refractivity contribution in [3.63, 3.8) is 0 Å². The fourth-order valence-electron chi connectivity index (χ4n) is 2.21. The van der Waals surface area contributed by atoms with Crippen molar-refractivity contribution in [2.24, 2.45) is 4.99 Å². The Hall–Kier alpha value is -1.50. The molecule has 0 aliphatic heterocycles. The van der Waals surface area contributed by atoms with Gasteiger partial charge in [0.1, 0.15) is 5.75 Å². The quantitative estimate of drug-likeness (QED) is 0.405. The normalized spacial score (nSPS) is 11.4. The van der Waals surface area contributed by atoms with Crippen LogP contribution in [0, 0.1) is 6.92 Å². The predicted octanol–water partition coefficient (Wildman–Crippen LogP) is 6.63. The Kier molecular flexibility index (Phi) is 5.18. The van der Waals surface area contributed by atoms with Crippen molar-refractivity contribution in [2.45, 2.75) is 13.8 Å². The van der Waals surface area contributed by atoms with E-state index in [1.165, 1.54) is 0 Å². The number of aliphatic imine (C=N–C) groups is 1. The number of aryl methyl sites for hydroxylation is 1. The minimum Gasteiger partial charge on any atom is -0.438 e. The number of halogens is 3. The highest BCUT2D eigenvalue weighted by atomic mass is 79.9. The van der Waals surface area contributed by atoms with Gasteiger partial charge in [-0.05, 0) is 63.9 Å². The van der Waals surface area contributed by atoms with Gasteiger partial charge in [-0.1, -0.05) is 11.6 Å². The summed E-state index contributed by atoms with van der Waals surface area (Å²) in [5.41, 5.74) is 2.30. The zero-order valence-electron chi connectivity index (χ0n) is 12.8. The molecule has 3 aromatic rings. The molecule has 3 rings (SSSR count). The Morgan fingerprint density at radius 3 is 2.75 bits per heavy atom. The Labute approximate surface area is 161 Å². The van der Waals surface area contributed by atoms with Crippen molar-refractivity contribution in [2.75, 3.05) is 0 Å². The maximum absolute atomic E-state index is 6.31. The summed E-state index contributed by atoms with van der Waals surface area (Å²) in [6.45, 7) is 3.75. The number of hydrogen-bond donors (Lipinski definition) is 0. The summed E-state index contributed by atoms with van der Waals surface area (Å²) < 4.78 is 7.51. The maximum Gasteiger partial charge on any atom is 0.233 e. The van der Waals surface area contributed by atoms with E-state index in [-0.39, 0.29) is 0 Å². The first kappa shape index (κ1) is 17.3. The minimum atomic E-state index is 0.459. The van der Waals surface area contributed by atoms with Crippen LogP contribution < -0.4 is 4.74 Å². The molecular formula is C17H12Br2ClN3O. The van der Waals surface area contributed by atoms with Crippen LogP contribution in [-0.4, -0.2) is 16.2 Å². The van der Waals surface area contributed by atoms with E-state index in [2.05, 4.69) is 46.8 Å². The summed E-state index contributed by atoms with van der Waals surface area (Å²) in [5.74, 6) is 1.05. The molecule has 0 spiro atoms. The molecule has 0 N–H and O–H groups in total. The molecule has 0 amide bonds. The van der Waals surface area contributed by atoms with Gasteiger partial charge >= 0.3 is 0 Å². The number of aromatic nitrogens is 2. The lowest BCUT2D eigenvalue weighted by Gasteiger charge is -2.10. The van der Waals surface area contributed by atoms with Gasteiger partial charge in [-0.25, -0.2) is 4.98 Å². The maximum atomic E-state index is 6.31. The summed E-state index contributed by atoms with van der Waals surface area (Å²) in [7, 11) is 0. The average Bonchev–Trinajstić information content (AvgIpc) is 2.52. The van der Waals surface area contributed by atoms with E-state index < -0.39 is 0 Å². The predicted molar refractivity (Wildman–Crippen MR) is 105 cm³/mol. The topological polar surface area (TPSA) is 47.4 Å². The largest absolute Gasteiger partial charge is 0.438 e. The number of fused-ring (bicyclic) bond motifs is 1. The number of benzene rings is 1. The van der Waals surface area contributed by atoms with Gasteiger partial charge in [-0.15, -0.1) is 0 Å². The molecule has 0 atom stereocenters. The molecule has 0 fully saturated rings. The van der Waals surface area contributed by atoms with Crippen molar-refractivity contribution in [3.8, 4) is 11.6 Å². The van der Waals surface area contributed by atoms with Crippen LogP contribution in [0.1, 0.15) is 12.6 Å². The summed E-state index contributed by atoms with van der Waals surface area (Å²) in [6.07, 6.45) is 3.44. The van der Waals surface area contributed by atoms with Crippen LogP contribution in [0.15, 0.2) is 44.4 Å². The third-order valence-electron chi connectivity index (χ3n) is 3.27. The van der Waals surface area contributed by atoms with Crippen LogP contribution in [0.5, 0.6) is 11.6 Å². The molecule has 0 aliphatic rings. The van der Waals surface area contributed by atoms with Crippen molar-refractivity contribution < 1.29 is 4.74 Å². The van der Waals surface area contributed by atoms with E-state index in [9.17, 15) is 0 Å². The second-order valence-corrected chi connectivity index (χ2v) is 7.18. The standard InChI is InChI=1S/C17H12Br2ClN3O/c1-3-21-15-7-13(19)17(23-9(15)2)24-12-5-10-4-11(18)8-22-16(10)14(20)6-12/h3-8H,1-2H3. The molecule has 0 radical (unpaired) electrons. The average molecular weight is 470 g/mol. The van der Waals surface area contributed by atoms with Gasteiger partial charge in [0.25, 0.3) is 0 Å². The van der Waals surface area contributed by atoms with E-state index >= 15 is 0 Å². The van der Waals surface area contributed by atoms with Crippen LogP contribution in [0.3, 0.4) is 0 Å². The molecule has 0 aliphatic carbocycles. The van der Waals surface area contributed by atoms with E-state index in [1.54, 1.807) is 18.5 Å². The molecule has 0 unspecified atom stereocenters. The second-order valence-electron chi connectivity index (χ2n) is 5.00. The number of ether oxygens (including phenoxy) is 1. The molecule has 0 saturated heterocycles. The molecule has 0 bridgehead atoms. The SMILES string of the molecule is CC=Nc1cc(Br)c(Oc2cc(Cl)c3ncc(Br)cc3c2)nc1C. The Morgan fingerprint density at radius 1 is 1.21 bits per heavy atom. The lowest BCUT2D eigenvalue weighted by molar-refractivity contribution is 0.459. The number of pyridine rings is 2. The van der Waals surface area contributed by atoms with Crippen molar-refractivity contribution in [3.05, 3.63) is 50.1 Å². The molecule has 2 heterocycles. The van der Waals surface area contributed by atoms with Gasteiger partial charge in [-0.3, -0.25) is 9.98 Å². The Bertz CT molecular complexity index is 960. The van der Waals surface area contributed by atoms with Crippen LogP contribution in [0.25, 0.3) is 10.9 Å². The molecule has 0 saturated carbocycles. The smallest absolute Gasteiger partial charge is 0.233 e. The zero-order valence-corrected chi connectivity index (χ0v) is 16.8. The number of hydrogen-bond acceptors (Lipinski definition) is 4. The van der Waals surface area contributed by atoms with Gasteiger partial charge < -0.3 is 4.74 Å². The van der Waals surface area contributed by atoms with Crippen molar-refractivity contribution >= 4 is 66.3 Å². The zero-order chi connectivity index (χ0) is 17.3. The van der Waals surface area contributed by atoms with Gasteiger partial charge in [0, 0.05) is 28.3 Å². The summed E-state index contributed by atoms with van der Waals surface area (Å²) >= 11 is 13.2. The van der Waals surface area contributed by atoms with Crippen molar-refractivity contribution in [1.82, 2.24) is 9.97 Å². The first-order valence-corrected chi connectivity index (χ1v) is 9.03. The molecule has 7 heteroatoms. The highest BCUT2D eigenvalue weighted by molar-refractivity contribution is 9.10.